The Kier molecular flexibility index (Phi) is 9.78. The van der Waals surface area contributed by atoms with Gasteiger partial charge in [0.05, 0.1) is 12.6 Å². The summed E-state index contributed by atoms with van der Waals surface area (Å²) >= 11 is 0. The maximum absolute atomic E-state index is 11.9. The molecular formula is C15H25ClN2O3. The summed E-state index contributed by atoms with van der Waals surface area (Å²) in [5.41, 5.74) is 6.53. The van der Waals surface area contributed by atoms with E-state index in [1.54, 1.807) is 13.2 Å². The largest absolute Gasteiger partial charge is 0.491 e. The smallest absolute Gasteiger partial charge is 0.241 e. The first-order valence-corrected chi connectivity index (χ1v) is 6.81. The van der Waals surface area contributed by atoms with Crippen LogP contribution in [-0.4, -0.2) is 32.3 Å². The van der Waals surface area contributed by atoms with Crippen LogP contribution in [0, 0.1) is 5.92 Å². The number of hydrogen-bond acceptors (Lipinski definition) is 4. The van der Waals surface area contributed by atoms with Crippen molar-refractivity contribution in [3.8, 4) is 5.75 Å². The number of nitrogens with one attached hydrogen (secondary N) is 1. The molecule has 0 aliphatic rings. The van der Waals surface area contributed by atoms with Crippen molar-refractivity contribution in [1.29, 1.82) is 0 Å². The van der Waals surface area contributed by atoms with Crippen molar-refractivity contribution in [2.24, 2.45) is 11.7 Å². The molecule has 120 valence electrons. The topological polar surface area (TPSA) is 73.6 Å². The summed E-state index contributed by atoms with van der Waals surface area (Å²) in [4.78, 5) is 11.9. The van der Waals surface area contributed by atoms with Gasteiger partial charge in [-0.15, -0.1) is 12.4 Å². The second-order valence-corrected chi connectivity index (χ2v) is 5.09. The van der Waals surface area contributed by atoms with E-state index in [9.17, 15) is 4.79 Å². The molecule has 0 fully saturated rings. The highest BCUT2D eigenvalue weighted by atomic mass is 35.5. The molecule has 0 heterocycles. The Hall–Kier alpha value is -1.30. The van der Waals surface area contributed by atoms with Crippen LogP contribution in [0.25, 0.3) is 0 Å². The van der Waals surface area contributed by atoms with Gasteiger partial charge in [-0.25, -0.2) is 0 Å². The molecule has 0 aliphatic carbocycles. The molecule has 0 radical (unpaired) electrons. The Morgan fingerprint density at radius 2 is 2.05 bits per heavy atom. The zero-order valence-corrected chi connectivity index (χ0v) is 13.6. The number of amides is 1. The van der Waals surface area contributed by atoms with Crippen molar-refractivity contribution < 1.29 is 14.3 Å². The highest BCUT2D eigenvalue weighted by Crippen LogP contribution is 2.17. The van der Waals surface area contributed by atoms with Gasteiger partial charge in [0.25, 0.3) is 0 Å². The van der Waals surface area contributed by atoms with Crippen LogP contribution in [0.1, 0.15) is 20.3 Å². The number of carbonyl (C=O) groups excluding carboxylic acids is 1. The molecule has 0 spiro atoms. The van der Waals surface area contributed by atoms with Gasteiger partial charge in [0.2, 0.25) is 5.91 Å². The first-order valence-electron chi connectivity index (χ1n) is 6.81. The summed E-state index contributed by atoms with van der Waals surface area (Å²) in [5, 5.41) is 2.80. The predicted molar refractivity (Wildman–Crippen MR) is 87.1 cm³/mol. The van der Waals surface area contributed by atoms with Crippen molar-refractivity contribution in [3.05, 3.63) is 24.3 Å². The van der Waals surface area contributed by atoms with Crippen molar-refractivity contribution in [3.63, 3.8) is 0 Å². The van der Waals surface area contributed by atoms with Crippen molar-refractivity contribution in [2.45, 2.75) is 26.3 Å². The number of carbonyl (C=O) groups is 1. The van der Waals surface area contributed by atoms with E-state index in [1.165, 1.54) is 0 Å². The lowest BCUT2D eigenvalue weighted by molar-refractivity contribution is -0.117. The van der Waals surface area contributed by atoms with E-state index in [2.05, 4.69) is 5.32 Å². The van der Waals surface area contributed by atoms with Crippen LogP contribution in [0.15, 0.2) is 24.3 Å². The molecular weight excluding hydrogens is 292 g/mol. The Balaban J connectivity index is 0.00000400. The minimum absolute atomic E-state index is 0. The molecule has 0 aliphatic heterocycles. The van der Waals surface area contributed by atoms with Crippen LogP contribution in [0.5, 0.6) is 5.75 Å². The summed E-state index contributed by atoms with van der Waals surface area (Å²) in [6.45, 7) is 5.07. The van der Waals surface area contributed by atoms with Crippen molar-refractivity contribution in [1.82, 2.24) is 0 Å². The number of halogens is 1. The fourth-order valence-corrected chi connectivity index (χ4v) is 1.76. The van der Waals surface area contributed by atoms with Gasteiger partial charge in [-0.3, -0.25) is 4.79 Å². The lowest BCUT2D eigenvalue weighted by Gasteiger charge is -2.14. The van der Waals surface area contributed by atoms with Crippen LogP contribution in [0.4, 0.5) is 5.69 Å². The van der Waals surface area contributed by atoms with E-state index in [4.69, 9.17) is 15.2 Å². The van der Waals surface area contributed by atoms with Crippen LogP contribution >= 0.6 is 12.4 Å². The molecule has 1 aromatic carbocycles. The Morgan fingerprint density at radius 1 is 1.33 bits per heavy atom. The van der Waals surface area contributed by atoms with Gasteiger partial charge in [0.1, 0.15) is 12.4 Å². The number of benzene rings is 1. The minimum atomic E-state index is -0.493. The third-order valence-electron chi connectivity index (χ3n) is 2.72. The van der Waals surface area contributed by atoms with Crippen LogP contribution in [0.2, 0.25) is 0 Å². The molecule has 3 N–H and O–H groups in total. The highest BCUT2D eigenvalue weighted by molar-refractivity contribution is 5.94. The first-order chi connectivity index (χ1) is 9.52. The summed E-state index contributed by atoms with van der Waals surface area (Å²) in [6.07, 6.45) is 0.663. The number of methoxy groups -OCH3 is 1. The maximum Gasteiger partial charge on any atom is 0.241 e. The van der Waals surface area contributed by atoms with Crippen LogP contribution < -0.4 is 15.8 Å². The standard InChI is InChI=1S/C15H24N2O3.ClH/c1-11(2)9-14(16)15(18)17-12-5-4-6-13(10-12)20-8-7-19-3;/h4-6,10-11,14H,7-9,16H2,1-3H3,(H,17,18);1H/t14-;/m0./s1. The van der Waals surface area contributed by atoms with Crippen LogP contribution in [0.3, 0.4) is 0 Å². The van der Waals surface area contributed by atoms with Gasteiger partial charge in [-0.1, -0.05) is 19.9 Å². The minimum Gasteiger partial charge on any atom is -0.491 e. The number of nitrogens with two attached hydrogens (primary N) is 1. The van der Waals surface area contributed by atoms with Gasteiger partial charge in [0, 0.05) is 18.9 Å². The van der Waals surface area contributed by atoms with Gasteiger partial charge in [-0.2, -0.15) is 0 Å². The van der Waals surface area contributed by atoms with Crippen molar-refractivity contribution in [2.75, 3.05) is 25.6 Å². The molecule has 0 bridgehead atoms. The fourth-order valence-electron chi connectivity index (χ4n) is 1.76. The fraction of sp³-hybridized carbons (Fsp3) is 0.533. The Labute approximate surface area is 132 Å². The number of rotatable bonds is 8. The maximum atomic E-state index is 11.9. The molecule has 0 saturated carbocycles. The monoisotopic (exact) mass is 316 g/mol. The molecule has 6 heteroatoms. The van der Waals surface area contributed by atoms with E-state index in [0.29, 0.717) is 37.0 Å². The molecule has 21 heavy (non-hydrogen) atoms. The third kappa shape index (κ3) is 7.90. The van der Waals surface area contributed by atoms with Gasteiger partial charge < -0.3 is 20.5 Å². The Morgan fingerprint density at radius 3 is 2.67 bits per heavy atom. The SMILES string of the molecule is COCCOc1cccc(NC(=O)[C@@H](N)CC(C)C)c1.Cl. The lowest BCUT2D eigenvalue weighted by atomic mass is 10.0. The first kappa shape index (κ1) is 19.7. The summed E-state index contributed by atoms with van der Waals surface area (Å²) in [7, 11) is 1.62. The molecule has 0 aromatic heterocycles. The highest BCUT2D eigenvalue weighted by Gasteiger charge is 2.15. The molecule has 1 amide bonds. The van der Waals surface area contributed by atoms with Gasteiger partial charge in [-0.05, 0) is 24.5 Å². The molecule has 0 unspecified atom stereocenters. The predicted octanol–water partition coefficient (Wildman–Crippen LogP) is 2.45. The summed E-state index contributed by atoms with van der Waals surface area (Å²) in [6, 6.07) is 6.75. The zero-order valence-electron chi connectivity index (χ0n) is 12.8. The summed E-state index contributed by atoms with van der Waals surface area (Å²) in [5.74, 6) is 0.907. The van der Waals surface area contributed by atoms with Gasteiger partial charge in [0.15, 0.2) is 0 Å². The zero-order chi connectivity index (χ0) is 15.0. The average Bonchev–Trinajstić information content (AvgIpc) is 2.38. The molecule has 0 saturated heterocycles. The van der Waals surface area contributed by atoms with E-state index < -0.39 is 6.04 Å². The second kappa shape index (κ2) is 10.4. The number of ether oxygens (including phenoxy) is 2. The normalized spacial score (nSPS) is 11.7. The van der Waals surface area contributed by atoms with Crippen LogP contribution in [-0.2, 0) is 9.53 Å². The quantitative estimate of drug-likeness (QED) is 0.722. The second-order valence-electron chi connectivity index (χ2n) is 5.09. The van der Waals surface area contributed by atoms with E-state index in [1.807, 2.05) is 32.0 Å². The average molecular weight is 317 g/mol. The molecule has 1 rings (SSSR count). The molecule has 1 aromatic rings. The Bertz CT molecular complexity index is 427. The third-order valence-corrected chi connectivity index (χ3v) is 2.72. The summed E-state index contributed by atoms with van der Waals surface area (Å²) < 4.78 is 10.4. The van der Waals surface area contributed by atoms with E-state index in [0.717, 1.165) is 0 Å². The van der Waals surface area contributed by atoms with E-state index in [-0.39, 0.29) is 18.3 Å². The molecule has 1 atom stereocenters. The number of hydrogen-bond donors (Lipinski definition) is 2. The van der Waals surface area contributed by atoms with Gasteiger partial charge >= 0.3 is 0 Å². The van der Waals surface area contributed by atoms with E-state index >= 15 is 0 Å². The number of anilines is 1. The molecule has 5 nitrogen and oxygen atoms in total. The van der Waals surface area contributed by atoms with Crippen molar-refractivity contribution >= 4 is 24.0 Å². The lowest BCUT2D eigenvalue weighted by Crippen LogP contribution is -2.36.